The third-order valence-corrected chi connectivity index (χ3v) is 5.68. The molecule has 1 aliphatic heterocycles. The Balaban J connectivity index is 1.61. The number of carbonyl (C=O) groups is 2. The van der Waals surface area contributed by atoms with Crippen LogP contribution in [-0.2, 0) is 9.59 Å². The van der Waals surface area contributed by atoms with Crippen molar-refractivity contribution in [3.05, 3.63) is 51.5 Å². The minimum Gasteiger partial charge on any atom is -0.479 e. The molecule has 3 rings (SSSR count). The van der Waals surface area contributed by atoms with E-state index in [1.165, 1.54) is 0 Å². The van der Waals surface area contributed by atoms with Gasteiger partial charge >= 0.3 is 0 Å². The fraction of sp³-hybridized carbons (Fsp3) is 0.333. The number of hydrogen-bond acceptors (Lipinski definition) is 4. The van der Waals surface area contributed by atoms with Crippen LogP contribution in [-0.4, -0.2) is 49.0 Å². The number of carbonyl (C=O) groups excluding carboxylic acids is 2. The van der Waals surface area contributed by atoms with E-state index in [0.717, 1.165) is 5.69 Å². The Morgan fingerprint density at radius 3 is 2.30 bits per heavy atom. The van der Waals surface area contributed by atoms with Crippen molar-refractivity contribution in [1.82, 2.24) is 4.90 Å². The van der Waals surface area contributed by atoms with Gasteiger partial charge in [-0.1, -0.05) is 34.8 Å². The SMILES string of the molecule is CC(=O)N1CCN(c2ccc(NC(=O)[C@H](C)Oc3ccc(Cl)cc3Cl)cc2Cl)CC1. The Kier molecular flexibility index (Phi) is 7.34. The van der Waals surface area contributed by atoms with E-state index < -0.39 is 6.10 Å². The first kappa shape index (κ1) is 22.5. The number of rotatable bonds is 5. The number of piperazine rings is 1. The minimum absolute atomic E-state index is 0.0787. The molecule has 6 nitrogen and oxygen atoms in total. The molecule has 160 valence electrons. The maximum Gasteiger partial charge on any atom is 0.265 e. The molecular formula is C21H22Cl3N3O3. The molecule has 1 aliphatic rings. The summed E-state index contributed by atoms with van der Waals surface area (Å²) in [6, 6.07) is 10.2. The van der Waals surface area contributed by atoms with Crippen LogP contribution >= 0.6 is 34.8 Å². The molecule has 1 atom stereocenters. The molecular weight excluding hydrogens is 449 g/mol. The molecule has 0 bridgehead atoms. The van der Waals surface area contributed by atoms with Gasteiger partial charge in [-0.05, 0) is 43.3 Å². The highest BCUT2D eigenvalue weighted by Gasteiger charge is 2.21. The van der Waals surface area contributed by atoms with Crippen molar-refractivity contribution >= 4 is 58.0 Å². The lowest BCUT2D eigenvalue weighted by Gasteiger charge is -2.36. The van der Waals surface area contributed by atoms with E-state index in [1.54, 1.807) is 44.2 Å². The minimum atomic E-state index is -0.776. The zero-order valence-corrected chi connectivity index (χ0v) is 18.9. The Bertz CT molecular complexity index is 946. The third kappa shape index (κ3) is 5.50. The average molecular weight is 471 g/mol. The fourth-order valence-electron chi connectivity index (χ4n) is 3.16. The van der Waals surface area contributed by atoms with Crippen LogP contribution in [0.2, 0.25) is 15.1 Å². The number of ether oxygens (including phenoxy) is 1. The fourth-order valence-corrected chi connectivity index (χ4v) is 3.92. The number of benzene rings is 2. The molecule has 0 aliphatic carbocycles. The van der Waals surface area contributed by atoms with Crippen LogP contribution in [0.5, 0.6) is 5.75 Å². The van der Waals surface area contributed by atoms with Gasteiger partial charge in [0.2, 0.25) is 5.91 Å². The Morgan fingerprint density at radius 1 is 1.00 bits per heavy atom. The van der Waals surface area contributed by atoms with Crippen LogP contribution in [0.4, 0.5) is 11.4 Å². The highest BCUT2D eigenvalue weighted by Crippen LogP contribution is 2.31. The van der Waals surface area contributed by atoms with Crippen molar-refractivity contribution in [2.45, 2.75) is 20.0 Å². The van der Waals surface area contributed by atoms with Crippen LogP contribution < -0.4 is 15.0 Å². The molecule has 1 N–H and O–H groups in total. The van der Waals surface area contributed by atoms with Crippen LogP contribution in [0, 0.1) is 0 Å². The van der Waals surface area contributed by atoms with Gasteiger partial charge < -0.3 is 19.9 Å². The smallest absolute Gasteiger partial charge is 0.265 e. The van der Waals surface area contributed by atoms with Gasteiger partial charge in [0, 0.05) is 43.8 Å². The molecule has 1 saturated heterocycles. The van der Waals surface area contributed by atoms with Crippen molar-refractivity contribution in [3.63, 3.8) is 0 Å². The second-order valence-corrected chi connectivity index (χ2v) is 8.23. The molecule has 0 unspecified atom stereocenters. The summed E-state index contributed by atoms with van der Waals surface area (Å²) >= 11 is 18.4. The zero-order valence-electron chi connectivity index (χ0n) is 16.6. The Hall–Kier alpha value is -2.15. The molecule has 1 fully saturated rings. The predicted octanol–water partition coefficient (Wildman–Crippen LogP) is 4.72. The topological polar surface area (TPSA) is 61.9 Å². The molecule has 2 amide bonds. The molecule has 30 heavy (non-hydrogen) atoms. The summed E-state index contributed by atoms with van der Waals surface area (Å²) < 4.78 is 5.64. The molecule has 0 spiro atoms. The van der Waals surface area contributed by atoms with Gasteiger partial charge in [0.25, 0.3) is 5.91 Å². The van der Waals surface area contributed by atoms with Crippen molar-refractivity contribution in [3.8, 4) is 5.75 Å². The van der Waals surface area contributed by atoms with E-state index in [0.29, 0.717) is 52.7 Å². The van der Waals surface area contributed by atoms with Crippen LogP contribution in [0.3, 0.4) is 0 Å². The summed E-state index contributed by atoms with van der Waals surface area (Å²) in [6.45, 7) is 5.93. The zero-order chi connectivity index (χ0) is 21.8. The van der Waals surface area contributed by atoms with Crippen molar-refractivity contribution in [2.24, 2.45) is 0 Å². The largest absolute Gasteiger partial charge is 0.479 e. The highest BCUT2D eigenvalue weighted by atomic mass is 35.5. The monoisotopic (exact) mass is 469 g/mol. The molecule has 1 heterocycles. The second-order valence-electron chi connectivity index (χ2n) is 6.98. The molecule has 0 saturated carbocycles. The molecule has 2 aromatic rings. The van der Waals surface area contributed by atoms with E-state index in [2.05, 4.69) is 10.2 Å². The normalized spacial score (nSPS) is 15.0. The lowest BCUT2D eigenvalue weighted by molar-refractivity contribution is -0.129. The average Bonchev–Trinajstić information content (AvgIpc) is 2.70. The van der Waals surface area contributed by atoms with Gasteiger partial charge in [-0.25, -0.2) is 0 Å². The van der Waals surface area contributed by atoms with Gasteiger partial charge in [0.1, 0.15) is 5.75 Å². The summed E-state index contributed by atoms with van der Waals surface area (Å²) in [5, 5.41) is 4.14. The van der Waals surface area contributed by atoms with Gasteiger partial charge in [0.15, 0.2) is 6.10 Å². The van der Waals surface area contributed by atoms with Crippen molar-refractivity contribution in [2.75, 3.05) is 36.4 Å². The summed E-state index contributed by atoms with van der Waals surface area (Å²) in [6.07, 6.45) is -0.776. The maximum absolute atomic E-state index is 12.5. The summed E-state index contributed by atoms with van der Waals surface area (Å²) in [4.78, 5) is 27.9. The van der Waals surface area contributed by atoms with Crippen molar-refractivity contribution < 1.29 is 14.3 Å². The van der Waals surface area contributed by atoms with E-state index in [9.17, 15) is 9.59 Å². The number of halogens is 3. The maximum atomic E-state index is 12.5. The van der Waals surface area contributed by atoms with E-state index >= 15 is 0 Å². The second kappa shape index (κ2) is 9.77. The molecule has 9 heteroatoms. The summed E-state index contributed by atoms with van der Waals surface area (Å²) in [7, 11) is 0. The van der Waals surface area contributed by atoms with E-state index in [4.69, 9.17) is 39.5 Å². The Labute approximate surface area is 190 Å². The first-order valence-corrected chi connectivity index (χ1v) is 10.6. The molecule has 0 radical (unpaired) electrons. The Morgan fingerprint density at radius 2 is 1.70 bits per heavy atom. The summed E-state index contributed by atoms with van der Waals surface area (Å²) in [5.41, 5.74) is 1.43. The van der Waals surface area contributed by atoms with Gasteiger partial charge in [-0.3, -0.25) is 9.59 Å². The van der Waals surface area contributed by atoms with Crippen LogP contribution in [0.15, 0.2) is 36.4 Å². The van der Waals surface area contributed by atoms with Crippen LogP contribution in [0.1, 0.15) is 13.8 Å². The van der Waals surface area contributed by atoms with Gasteiger partial charge in [0.05, 0.1) is 15.7 Å². The first-order chi connectivity index (χ1) is 14.2. The first-order valence-electron chi connectivity index (χ1n) is 9.47. The molecule has 0 aromatic heterocycles. The van der Waals surface area contributed by atoms with Gasteiger partial charge in [-0.15, -0.1) is 0 Å². The predicted molar refractivity (Wildman–Crippen MR) is 121 cm³/mol. The van der Waals surface area contributed by atoms with Gasteiger partial charge in [-0.2, -0.15) is 0 Å². The number of nitrogens with one attached hydrogen (secondary N) is 1. The number of hydrogen-bond donors (Lipinski definition) is 1. The third-order valence-electron chi connectivity index (χ3n) is 4.85. The van der Waals surface area contributed by atoms with Crippen molar-refractivity contribution in [1.29, 1.82) is 0 Å². The standard InChI is InChI=1S/C21H22Cl3N3O3/c1-13(30-20-6-3-15(22)11-18(20)24)21(29)25-16-4-5-19(17(23)12-16)27-9-7-26(8-10-27)14(2)28/h3-6,11-13H,7-10H2,1-2H3,(H,25,29)/t13-/m0/s1. The number of amides is 2. The highest BCUT2D eigenvalue weighted by molar-refractivity contribution is 6.35. The lowest BCUT2D eigenvalue weighted by atomic mass is 10.2. The number of anilines is 2. The lowest BCUT2D eigenvalue weighted by Crippen LogP contribution is -2.48. The van der Waals surface area contributed by atoms with E-state index in [-0.39, 0.29) is 11.8 Å². The summed E-state index contributed by atoms with van der Waals surface area (Å²) in [5.74, 6) is 0.122. The molecule has 2 aromatic carbocycles. The van der Waals surface area contributed by atoms with Crippen LogP contribution in [0.25, 0.3) is 0 Å². The quantitative estimate of drug-likeness (QED) is 0.687. The van der Waals surface area contributed by atoms with E-state index in [1.807, 2.05) is 11.0 Å². The number of nitrogens with zero attached hydrogens (tertiary/aromatic N) is 2.